The van der Waals surface area contributed by atoms with Crippen LogP contribution in [0.2, 0.25) is 5.15 Å². The van der Waals surface area contributed by atoms with Crippen molar-refractivity contribution in [3.8, 4) is 0 Å². The summed E-state index contributed by atoms with van der Waals surface area (Å²) >= 11 is 6.20. The van der Waals surface area contributed by atoms with Crippen LogP contribution in [0.5, 0.6) is 0 Å². The fourth-order valence-electron chi connectivity index (χ4n) is 4.14. The Morgan fingerprint density at radius 1 is 0.972 bits per heavy atom. The van der Waals surface area contributed by atoms with Gasteiger partial charge in [-0.05, 0) is 44.2 Å². The van der Waals surface area contributed by atoms with Gasteiger partial charge in [0.05, 0.1) is 16.5 Å². The summed E-state index contributed by atoms with van der Waals surface area (Å²) in [6.45, 7) is 3.81. The zero-order chi connectivity index (χ0) is 25.2. The van der Waals surface area contributed by atoms with Crippen LogP contribution in [0, 0.1) is 13.8 Å². The molecule has 5 rings (SSSR count). The molecule has 0 aliphatic carbocycles. The molecule has 0 N–H and O–H groups in total. The van der Waals surface area contributed by atoms with E-state index < -0.39 is 30.4 Å². The molecule has 0 unspecified atom stereocenters. The molecular weight excluding hydrogens is 482 g/mol. The van der Waals surface area contributed by atoms with Crippen molar-refractivity contribution < 1.29 is 23.8 Å². The highest BCUT2D eigenvalue weighted by molar-refractivity contribution is 6.33. The average Bonchev–Trinajstić information content (AvgIpc) is 3.48. The van der Waals surface area contributed by atoms with Crippen molar-refractivity contribution in [2.24, 2.45) is 0 Å². The van der Waals surface area contributed by atoms with Gasteiger partial charge in [0.2, 0.25) is 0 Å². The smallest absolute Gasteiger partial charge is 0.338 e. The van der Waals surface area contributed by atoms with E-state index in [-0.39, 0.29) is 6.61 Å². The van der Waals surface area contributed by atoms with Crippen molar-refractivity contribution in [3.05, 3.63) is 94.5 Å². The van der Waals surface area contributed by atoms with Gasteiger partial charge in [0.1, 0.15) is 42.2 Å². The second-order valence-corrected chi connectivity index (χ2v) is 9.12. The summed E-state index contributed by atoms with van der Waals surface area (Å²) in [6.07, 6.45) is 1.70. The highest BCUT2D eigenvalue weighted by Crippen LogP contribution is 2.35. The molecule has 9 heteroatoms. The maximum atomic E-state index is 12.9. The Morgan fingerprint density at radius 2 is 1.61 bits per heavy atom. The van der Waals surface area contributed by atoms with E-state index in [4.69, 9.17) is 25.8 Å². The fraction of sp³-hybridized carbons (Fsp3) is 0.259. The predicted octanol–water partition coefficient (Wildman–Crippen LogP) is 5.07. The molecule has 1 fully saturated rings. The van der Waals surface area contributed by atoms with Crippen molar-refractivity contribution in [3.63, 3.8) is 0 Å². The lowest BCUT2D eigenvalue weighted by Gasteiger charge is -2.19. The third kappa shape index (κ3) is 4.96. The molecule has 1 aliphatic heterocycles. The average molecular weight is 506 g/mol. The largest absolute Gasteiger partial charge is 0.459 e. The van der Waals surface area contributed by atoms with Crippen LogP contribution in [0.1, 0.15) is 44.5 Å². The maximum Gasteiger partial charge on any atom is 0.338 e. The van der Waals surface area contributed by atoms with Gasteiger partial charge in [-0.3, -0.25) is 0 Å². The molecule has 0 saturated carbocycles. The summed E-state index contributed by atoms with van der Waals surface area (Å²) in [4.78, 5) is 33.8. The van der Waals surface area contributed by atoms with Crippen molar-refractivity contribution in [2.45, 2.75) is 38.7 Å². The zero-order valence-electron chi connectivity index (χ0n) is 19.8. The molecule has 0 amide bonds. The molecule has 8 nitrogen and oxygen atoms in total. The summed E-state index contributed by atoms with van der Waals surface area (Å²) in [5.74, 6) is -0.946. The normalized spacial score (nSPS) is 19.4. The number of carbonyl (C=O) groups excluding carboxylic acids is 2. The van der Waals surface area contributed by atoms with E-state index in [1.54, 1.807) is 36.5 Å². The predicted molar refractivity (Wildman–Crippen MR) is 133 cm³/mol. The van der Waals surface area contributed by atoms with Crippen LogP contribution in [0.15, 0.2) is 67.1 Å². The van der Waals surface area contributed by atoms with E-state index >= 15 is 0 Å². The van der Waals surface area contributed by atoms with E-state index in [0.717, 1.165) is 11.1 Å². The molecule has 1 aliphatic rings. The molecule has 3 atom stereocenters. The minimum atomic E-state index is -0.673. The van der Waals surface area contributed by atoms with Crippen molar-refractivity contribution in [1.29, 1.82) is 0 Å². The standard InChI is InChI=1S/C27H24ClN3O5/c1-16-3-7-18(8-4-16)26(32)34-14-22-21(36-27(33)19-9-5-17(2)6-10-19)13-23(35-22)31-12-11-20-24(28)29-15-30-25(20)31/h3-12,15,21-23H,13-14H2,1-2H3/t21-,22+,23+/m0/s1. The first-order valence-electron chi connectivity index (χ1n) is 11.5. The van der Waals surface area contributed by atoms with Crippen LogP contribution in [0.4, 0.5) is 0 Å². The second-order valence-electron chi connectivity index (χ2n) is 8.76. The summed E-state index contributed by atoms with van der Waals surface area (Å²) in [7, 11) is 0. The molecule has 4 aromatic rings. The number of halogens is 1. The van der Waals surface area contributed by atoms with Crippen molar-refractivity contribution in [2.75, 3.05) is 6.61 Å². The van der Waals surface area contributed by atoms with Crippen LogP contribution in [0.3, 0.4) is 0 Å². The first-order valence-corrected chi connectivity index (χ1v) is 11.9. The monoisotopic (exact) mass is 505 g/mol. The molecule has 2 aromatic heterocycles. The molecule has 1 saturated heterocycles. The topological polar surface area (TPSA) is 92.5 Å². The van der Waals surface area contributed by atoms with Gasteiger partial charge in [-0.1, -0.05) is 47.0 Å². The van der Waals surface area contributed by atoms with Crippen LogP contribution in [-0.2, 0) is 14.2 Å². The molecule has 184 valence electrons. The number of ether oxygens (including phenoxy) is 3. The van der Waals surface area contributed by atoms with Crippen molar-refractivity contribution >= 4 is 34.6 Å². The lowest BCUT2D eigenvalue weighted by atomic mass is 10.1. The van der Waals surface area contributed by atoms with Gasteiger partial charge in [-0.15, -0.1) is 0 Å². The van der Waals surface area contributed by atoms with Crippen LogP contribution in [-0.4, -0.2) is 45.3 Å². The zero-order valence-corrected chi connectivity index (χ0v) is 20.5. The number of esters is 2. The Kier molecular flexibility index (Phi) is 6.71. The maximum absolute atomic E-state index is 12.9. The number of carbonyl (C=O) groups is 2. The number of hydrogen-bond acceptors (Lipinski definition) is 7. The van der Waals surface area contributed by atoms with E-state index in [1.807, 2.05) is 42.7 Å². The number of benzene rings is 2. The van der Waals surface area contributed by atoms with E-state index in [2.05, 4.69) is 9.97 Å². The summed E-state index contributed by atoms with van der Waals surface area (Å²) < 4.78 is 19.4. The minimum Gasteiger partial charge on any atom is -0.459 e. The number of fused-ring (bicyclic) bond motifs is 1. The summed E-state index contributed by atoms with van der Waals surface area (Å²) in [6, 6.07) is 16.0. The lowest BCUT2D eigenvalue weighted by molar-refractivity contribution is -0.0562. The Bertz CT molecular complexity index is 1400. The molecule has 2 aromatic carbocycles. The fourth-order valence-corrected chi connectivity index (χ4v) is 4.33. The van der Waals surface area contributed by atoms with Gasteiger partial charge in [0, 0.05) is 12.6 Å². The third-order valence-electron chi connectivity index (χ3n) is 6.16. The van der Waals surface area contributed by atoms with Gasteiger partial charge in [0.25, 0.3) is 0 Å². The Labute approximate surface area is 212 Å². The number of hydrogen-bond donors (Lipinski definition) is 0. The van der Waals surface area contributed by atoms with Gasteiger partial charge in [-0.25, -0.2) is 19.6 Å². The Balaban J connectivity index is 1.36. The van der Waals surface area contributed by atoms with Gasteiger partial charge < -0.3 is 18.8 Å². The highest BCUT2D eigenvalue weighted by Gasteiger charge is 2.40. The van der Waals surface area contributed by atoms with Crippen molar-refractivity contribution in [1.82, 2.24) is 14.5 Å². The molecule has 0 spiro atoms. The van der Waals surface area contributed by atoms with Crippen LogP contribution >= 0.6 is 11.6 Å². The van der Waals surface area contributed by atoms with Gasteiger partial charge >= 0.3 is 11.9 Å². The first kappa shape index (κ1) is 24.0. The third-order valence-corrected chi connectivity index (χ3v) is 6.46. The highest BCUT2D eigenvalue weighted by atomic mass is 35.5. The molecule has 3 heterocycles. The van der Waals surface area contributed by atoms with E-state index in [9.17, 15) is 9.59 Å². The molecule has 0 bridgehead atoms. The lowest BCUT2D eigenvalue weighted by Crippen LogP contribution is -2.32. The van der Waals surface area contributed by atoms with Crippen LogP contribution < -0.4 is 0 Å². The number of nitrogens with zero attached hydrogens (tertiary/aromatic N) is 3. The summed E-state index contributed by atoms with van der Waals surface area (Å²) in [5, 5.41) is 1.02. The first-order chi connectivity index (χ1) is 17.4. The minimum absolute atomic E-state index is 0.0794. The quantitative estimate of drug-likeness (QED) is 0.267. The van der Waals surface area contributed by atoms with E-state index in [1.165, 1.54) is 6.33 Å². The molecule has 0 radical (unpaired) electrons. The summed E-state index contributed by atoms with van der Waals surface area (Å²) in [5.41, 5.74) is 3.55. The number of aromatic nitrogens is 3. The number of aryl methyl sites for hydroxylation is 2. The van der Waals surface area contributed by atoms with E-state index in [0.29, 0.717) is 33.7 Å². The van der Waals surface area contributed by atoms with Gasteiger partial charge in [0.15, 0.2) is 0 Å². The van der Waals surface area contributed by atoms with Gasteiger partial charge in [-0.2, -0.15) is 0 Å². The Morgan fingerprint density at radius 3 is 2.28 bits per heavy atom. The SMILES string of the molecule is Cc1ccc(C(=O)OC[C@H]2O[C@@H](n3ccc4c(Cl)ncnc43)C[C@@H]2OC(=O)c2ccc(C)cc2)cc1. The number of rotatable bonds is 6. The molecule has 36 heavy (non-hydrogen) atoms. The van der Waals surface area contributed by atoms with Crippen LogP contribution in [0.25, 0.3) is 11.0 Å². The second kappa shape index (κ2) is 10.1. The molecular formula is C27H24ClN3O5. The Hall–Kier alpha value is -3.75.